The van der Waals surface area contributed by atoms with Gasteiger partial charge >= 0.3 is 0 Å². The molecule has 0 unspecified atom stereocenters. The van der Waals surface area contributed by atoms with Crippen molar-refractivity contribution >= 4 is 29.4 Å². The predicted octanol–water partition coefficient (Wildman–Crippen LogP) is 3.10. The second-order valence-electron chi connectivity index (χ2n) is 5.08. The summed E-state index contributed by atoms with van der Waals surface area (Å²) in [6, 6.07) is 15.1. The van der Waals surface area contributed by atoms with Crippen molar-refractivity contribution in [1.29, 1.82) is 0 Å². The smallest absolute Gasteiger partial charge is 0.244 e. The summed E-state index contributed by atoms with van der Waals surface area (Å²) in [5.74, 6) is -0.163. The zero-order chi connectivity index (χ0) is 15.9. The van der Waals surface area contributed by atoms with Crippen molar-refractivity contribution in [2.75, 3.05) is 19.0 Å². The summed E-state index contributed by atoms with van der Waals surface area (Å²) in [6.07, 6.45) is 1.90. The number of carbonyl (C=O) groups is 1. The van der Waals surface area contributed by atoms with Gasteiger partial charge in [-0.1, -0.05) is 35.9 Å². The van der Waals surface area contributed by atoms with Crippen molar-refractivity contribution in [3.63, 3.8) is 0 Å². The summed E-state index contributed by atoms with van der Waals surface area (Å²) in [5.41, 5.74) is 5.46. The number of nitrogens with one attached hydrogen (secondary N) is 1. The first kappa shape index (κ1) is 16.0. The maximum atomic E-state index is 11.8. The van der Waals surface area contributed by atoms with Crippen LogP contribution in [0.2, 0.25) is 5.02 Å². The monoisotopic (exact) mass is 315 g/mol. The maximum absolute atomic E-state index is 11.8. The summed E-state index contributed by atoms with van der Waals surface area (Å²) in [5, 5.41) is 4.62. The first-order valence-corrected chi connectivity index (χ1v) is 7.26. The van der Waals surface area contributed by atoms with Crippen LogP contribution in [0.1, 0.15) is 11.1 Å². The second kappa shape index (κ2) is 7.61. The van der Waals surface area contributed by atoms with Crippen LogP contribution < -0.4 is 10.3 Å². The average molecular weight is 316 g/mol. The van der Waals surface area contributed by atoms with Gasteiger partial charge in [0.25, 0.3) is 0 Å². The third-order valence-corrected chi connectivity index (χ3v) is 3.34. The Balaban J connectivity index is 1.86. The molecule has 2 aromatic rings. The Bertz CT molecular complexity index is 649. The van der Waals surface area contributed by atoms with Gasteiger partial charge in [0.15, 0.2) is 0 Å². The highest BCUT2D eigenvalue weighted by atomic mass is 35.5. The van der Waals surface area contributed by atoms with E-state index in [1.807, 2.05) is 55.4 Å². The molecule has 22 heavy (non-hydrogen) atoms. The van der Waals surface area contributed by atoms with Crippen LogP contribution in [0.4, 0.5) is 5.69 Å². The lowest BCUT2D eigenvalue weighted by molar-refractivity contribution is -0.120. The fourth-order valence-electron chi connectivity index (χ4n) is 1.86. The van der Waals surface area contributed by atoms with Crippen LogP contribution >= 0.6 is 11.6 Å². The van der Waals surface area contributed by atoms with Gasteiger partial charge < -0.3 is 4.90 Å². The molecule has 2 rings (SSSR count). The number of amides is 1. The maximum Gasteiger partial charge on any atom is 0.244 e. The summed E-state index contributed by atoms with van der Waals surface area (Å²) >= 11 is 5.80. The molecule has 0 atom stereocenters. The standard InChI is InChI=1S/C17H18ClN3O/c1-21(2)16-9-5-14(6-10-16)12-19-20-17(22)11-13-3-7-15(18)8-4-13/h3-10,12H,11H2,1-2H3,(H,20,22)/b19-12+. The van der Waals surface area contributed by atoms with Gasteiger partial charge in [0, 0.05) is 24.8 Å². The minimum atomic E-state index is -0.163. The molecule has 0 saturated heterocycles. The molecule has 0 aromatic heterocycles. The van der Waals surface area contributed by atoms with E-state index in [1.165, 1.54) is 0 Å². The number of benzene rings is 2. The van der Waals surface area contributed by atoms with Crippen molar-refractivity contribution in [3.05, 3.63) is 64.7 Å². The molecular formula is C17H18ClN3O. The van der Waals surface area contributed by atoms with Crippen molar-refractivity contribution in [2.24, 2.45) is 5.10 Å². The van der Waals surface area contributed by atoms with E-state index in [9.17, 15) is 4.79 Å². The first-order chi connectivity index (χ1) is 10.5. The predicted molar refractivity (Wildman–Crippen MR) is 91.7 cm³/mol. The summed E-state index contributed by atoms with van der Waals surface area (Å²) in [4.78, 5) is 13.8. The first-order valence-electron chi connectivity index (χ1n) is 6.88. The second-order valence-corrected chi connectivity index (χ2v) is 5.52. The Labute approximate surface area is 135 Å². The zero-order valence-corrected chi connectivity index (χ0v) is 13.3. The van der Waals surface area contributed by atoms with Gasteiger partial charge in [0.2, 0.25) is 5.91 Å². The third-order valence-electron chi connectivity index (χ3n) is 3.09. The van der Waals surface area contributed by atoms with E-state index in [4.69, 9.17) is 11.6 Å². The lowest BCUT2D eigenvalue weighted by Gasteiger charge is -2.11. The quantitative estimate of drug-likeness (QED) is 0.680. The Kier molecular flexibility index (Phi) is 5.55. The Morgan fingerprint density at radius 2 is 1.77 bits per heavy atom. The molecule has 5 heteroatoms. The number of hydrazone groups is 1. The molecule has 2 aromatic carbocycles. The lowest BCUT2D eigenvalue weighted by Crippen LogP contribution is -2.19. The number of carbonyl (C=O) groups excluding carboxylic acids is 1. The van der Waals surface area contributed by atoms with Crippen LogP contribution in [0.15, 0.2) is 53.6 Å². The van der Waals surface area contributed by atoms with E-state index in [-0.39, 0.29) is 12.3 Å². The zero-order valence-electron chi connectivity index (χ0n) is 12.6. The Morgan fingerprint density at radius 1 is 1.14 bits per heavy atom. The fraction of sp³-hybridized carbons (Fsp3) is 0.176. The van der Waals surface area contributed by atoms with Gasteiger partial charge in [-0.25, -0.2) is 5.43 Å². The van der Waals surface area contributed by atoms with Crippen molar-refractivity contribution < 1.29 is 4.79 Å². The number of anilines is 1. The van der Waals surface area contributed by atoms with E-state index < -0.39 is 0 Å². The number of rotatable bonds is 5. The van der Waals surface area contributed by atoms with Crippen LogP contribution in [-0.2, 0) is 11.2 Å². The molecule has 0 spiro atoms. The van der Waals surface area contributed by atoms with Crippen LogP contribution in [0.5, 0.6) is 0 Å². The molecule has 0 heterocycles. The molecule has 0 saturated carbocycles. The molecule has 4 nitrogen and oxygen atoms in total. The van der Waals surface area contributed by atoms with Crippen LogP contribution in [0.25, 0.3) is 0 Å². The SMILES string of the molecule is CN(C)c1ccc(/C=N/NC(=O)Cc2ccc(Cl)cc2)cc1. The fourth-order valence-corrected chi connectivity index (χ4v) is 1.99. The normalized spacial score (nSPS) is 10.7. The summed E-state index contributed by atoms with van der Waals surface area (Å²) in [6.45, 7) is 0. The van der Waals surface area contributed by atoms with E-state index in [0.29, 0.717) is 5.02 Å². The topological polar surface area (TPSA) is 44.7 Å². The van der Waals surface area contributed by atoms with E-state index >= 15 is 0 Å². The van der Waals surface area contributed by atoms with Gasteiger partial charge in [-0.15, -0.1) is 0 Å². The molecule has 1 amide bonds. The van der Waals surface area contributed by atoms with Gasteiger partial charge in [-0.05, 0) is 35.4 Å². The van der Waals surface area contributed by atoms with E-state index in [1.54, 1.807) is 18.3 Å². The highest BCUT2D eigenvalue weighted by Gasteiger charge is 2.01. The molecule has 1 N–H and O–H groups in total. The molecule has 0 bridgehead atoms. The van der Waals surface area contributed by atoms with E-state index in [2.05, 4.69) is 10.5 Å². The Morgan fingerprint density at radius 3 is 2.36 bits per heavy atom. The third kappa shape index (κ3) is 4.90. The molecule has 0 radical (unpaired) electrons. The number of halogens is 1. The molecule has 0 aliphatic heterocycles. The van der Waals surface area contributed by atoms with Gasteiger partial charge in [0.1, 0.15) is 0 Å². The molecule has 0 fully saturated rings. The van der Waals surface area contributed by atoms with Gasteiger partial charge in [-0.2, -0.15) is 5.10 Å². The molecule has 0 aliphatic rings. The van der Waals surface area contributed by atoms with Crippen molar-refractivity contribution in [2.45, 2.75) is 6.42 Å². The van der Waals surface area contributed by atoms with Crippen molar-refractivity contribution in [3.8, 4) is 0 Å². The molecule has 0 aliphatic carbocycles. The largest absolute Gasteiger partial charge is 0.378 e. The van der Waals surface area contributed by atoms with Crippen LogP contribution in [-0.4, -0.2) is 26.2 Å². The van der Waals surface area contributed by atoms with Crippen LogP contribution in [0, 0.1) is 0 Å². The number of hydrogen-bond donors (Lipinski definition) is 1. The van der Waals surface area contributed by atoms with Gasteiger partial charge in [0.05, 0.1) is 12.6 Å². The minimum absolute atomic E-state index is 0.163. The highest BCUT2D eigenvalue weighted by molar-refractivity contribution is 6.30. The Hall–Kier alpha value is -2.33. The minimum Gasteiger partial charge on any atom is -0.378 e. The number of nitrogens with zero attached hydrogens (tertiary/aromatic N) is 2. The summed E-state index contributed by atoms with van der Waals surface area (Å²) < 4.78 is 0. The lowest BCUT2D eigenvalue weighted by atomic mass is 10.1. The van der Waals surface area contributed by atoms with Crippen molar-refractivity contribution in [1.82, 2.24) is 5.43 Å². The number of hydrogen-bond acceptors (Lipinski definition) is 3. The van der Waals surface area contributed by atoms with Gasteiger partial charge in [-0.3, -0.25) is 4.79 Å². The molecular weight excluding hydrogens is 298 g/mol. The highest BCUT2D eigenvalue weighted by Crippen LogP contribution is 2.11. The average Bonchev–Trinajstić information content (AvgIpc) is 2.50. The van der Waals surface area contributed by atoms with Crippen LogP contribution in [0.3, 0.4) is 0 Å². The van der Waals surface area contributed by atoms with E-state index in [0.717, 1.165) is 16.8 Å². The summed E-state index contributed by atoms with van der Waals surface area (Å²) in [7, 11) is 3.97. The molecule has 114 valence electrons.